The average molecular weight is 251 g/mol. The van der Waals surface area contributed by atoms with Gasteiger partial charge in [-0.3, -0.25) is 0 Å². The van der Waals surface area contributed by atoms with Crippen LogP contribution in [0.25, 0.3) is 0 Å². The van der Waals surface area contributed by atoms with Gasteiger partial charge in [-0.1, -0.05) is 24.3 Å². The Hall–Kier alpha value is -1.42. The van der Waals surface area contributed by atoms with Crippen LogP contribution in [0.2, 0.25) is 0 Å². The molecule has 0 aliphatic heterocycles. The average Bonchev–Trinajstić information content (AvgIpc) is 2.73. The van der Waals surface area contributed by atoms with Crippen molar-refractivity contribution in [2.75, 3.05) is 5.88 Å². The maximum absolute atomic E-state index is 6.05. The highest BCUT2D eigenvalue weighted by Crippen LogP contribution is 2.23. The number of hydrogen-bond acceptors (Lipinski definition) is 3. The highest BCUT2D eigenvalue weighted by molar-refractivity contribution is 6.18. The molecule has 1 aromatic heterocycles. The monoisotopic (exact) mass is 250 g/mol. The number of hydrogen-bond donors (Lipinski definition) is 0. The molecule has 2 rings (SSSR count). The van der Waals surface area contributed by atoms with Crippen molar-refractivity contribution in [3.8, 4) is 0 Å². The van der Waals surface area contributed by atoms with E-state index in [4.69, 9.17) is 11.6 Å². The molecule has 1 heterocycles. The molecule has 0 N–H and O–H groups in total. The predicted octanol–water partition coefficient (Wildman–Crippen LogP) is 2.08. The van der Waals surface area contributed by atoms with Crippen molar-refractivity contribution in [3.05, 3.63) is 41.2 Å². The zero-order valence-corrected chi connectivity index (χ0v) is 10.7. The molecule has 17 heavy (non-hydrogen) atoms. The highest BCUT2D eigenvalue weighted by Gasteiger charge is 2.15. The largest absolute Gasteiger partial charge is 0.175 e. The van der Waals surface area contributed by atoms with Gasteiger partial charge in [0.05, 0.1) is 7.05 Å². The SMILES string of the molecule is Cc1ccccc1C(CCl)Cc1nnn(C)n1. The molecule has 1 atom stereocenters. The molecule has 1 aromatic carbocycles. The van der Waals surface area contributed by atoms with Gasteiger partial charge in [-0.25, -0.2) is 0 Å². The lowest BCUT2D eigenvalue weighted by atomic mass is 9.93. The fourth-order valence-electron chi connectivity index (χ4n) is 1.92. The summed E-state index contributed by atoms with van der Waals surface area (Å²) in [4.78, 5) is 1.47. The molecular formula is C12H15ClN4. The third-order valence-corrected chi connectivity index (χ3v) is 3.17. The van der Waals surface area contributed by atoms with E-state index in [1.807, 2.05) is 12.1 Å². The molecule has 0 spiro atoms. The smallest absolute Gasteiger partial charge is 0.167 e. The van der Waals surface area contributed by atoms with Crippen LogP contribution in [0.5, 0.6) is 0 Å². The molecule has 0 bridgehead atoms. The Morgan fingerprint density at radius 3 is 2.71 bits per heavy atom. The Morgan fingerprint density at radius 1 is 1.35 bits per heavy atom. The molecule has 90 valence electrons. The van der Waals surface area contributed by atoms with Gasteiger partial charge in [0, 0.05) is 18.2 Å². The van der Waals surface area contributed by atoms with E-state index in [1.165, 1.54) is 15.9 Å². The van der Waals surface area contributed by atoms with Crippen LogP contribution in [0.1, 0.15) is 22.9 Å². The van der Waals surface area contributed by atoms with E-state index in [2.05, 4.69) is 34.5 Å². The number of nitrogens with zero attached hydrogens (tertiary/aromatic N) is 4. The van der Waals surface area contributed by atoms with Crippen LogP contribution >= 0.6 is 11.6 Å². The first-order chi connectivity index (χ1) is 8.20. The van der Waals surface area contributed by atoms with E-state index >= 15 is 0 Å². The second kappa shape index (κ2) is 5.27. The molecule has 0 saturated carbocycles. The van der Waals surface area contributed by atoms with Gasteiger partial charge < -0.3 is 0 Å². The van der Waals surface area contributed by atoms with E-state index in [0.29, 0.717) is 5.88 Å². The number of benzene rings is 1. The normalized spacial score (nSPS) is 12.6. The van der Waals surface area contributed by atoms with Crippen molar-refractivity contribution in [2.24, 2.45) is 7.05 Å². The van der Waals surface area contributed by atoms with Gasteiger partial charge in [-0.15, -0.1) is 21.8 Å². The Balaban J connectivity index is 2.20. The molecule has 0 aliphatic carbocycles. The standard InChI is InChI=1S/C12H15ClN4/c1-9-5-3-4-6-11(9)10(8-13)7-12-14-16-17(2)15-12/h3-6,10H,7-8H2,1-2H3. The second-order valence-corrected chi connectivity index (χ2v) is 4.42. The van der Waals surface area contributed by atoms with E-state index in [0.717, 1.165) is 12.2 Å². The summed E-state index contributed by atoms with van der Waals surface area (Å²) in [6.07, 6.45) is 0.724. The fraction of sp³-hybridized carbons (Fsp3) is 0.417. The number of tetrazole rings is 1. The van der Waals surface area contributed by atoms with Gasteiger partial charge in [0.25, 0.3) is 0 Å². The summed E-state index contributed by atoms with van der Waals surface area (Å²) in [5.41, 5.74) is 2.51. The molecular weight excluding hydrogens is 236 g/mol. The summed E-state index contributed by atoms with van der Waals surface area (Å²) in [7, 11) is 1.76. The molecule has 1 unspecified atom stereocenters. The molecule has 2 aromatic rings. The van der Waals surface area contributed by atoms with Gasteiger partial charge in [-0.05, 0) is 23.3 Å². The van der Waals surface area contributed by atoms with Crippen molar-refractivity contribution in [2.45, 2.75) is 19.3 Å². The van der Waals surface area contributed by atoms with Crippen LogP contribution in [-0.2, 0) is 13.5 Å². The van der Waals surface area contributed by atoms with Gasteiger partial charge in [0.1, 0.15) is 0 Å². The number of aromatic nitrogens is 4. The van der Waals surface area contributed by atoms with Gasteiger partial charge in [-0.2, -0.15) is 4.80 Å². The quantitative estimate of drug-likeness (QED) is 0.781. The third-order valence-electron chi connectivity index (χ3n) is 2.79. The minimum atomic E-state index is 0.238. The van der Waals surface area contributed by atoms with Crippen molar-refractivity contribution >= 4 is 11.6 Å². The minimum absolute atomic E-state index is 0.238. The molecule has 0 saturated heterocycles. The summed E-state index contributed by atoms with van der Waals surface area (Å²) in [6.45, 7) is 2.10. The van der Waals surface area contributed by atoms with E-state index in [-0.39, 0.29) is 5.92 Å². The third kappa shape index (κ3) is 2.82. The molecule has 0 amide bonds. The first-order valence-corrected chi connectivity index (χ1v) is 6.08. The lowest BCUT2D eigenvalue weighted by molar-refractivity contribution is 0.624. The maximum Gasteiger partial charge on any atom is 0.175 e. The number of halogens is 1. The Bertz CT molecular complexity index is 495. The first kappa shape index (κ1) is 12.0. The molecule has 0 radical (unpaired) electrons. The van der Waals surface area contributed by atoms with Crippen LogP contribution in [-0.4, -0.2) is 26.1 Å². The zero-order valence-electron chi connectivity index (χ0n) is 9.97. The van der Waals surface area contributed by atoms with Crippen molar-refractivity contribution < 1.29 is 0 Å². The minimum Gasteiger partial charge on any atom is -0.167 e. The van der Waals surface area contributed by atoms with Crippen LogP contribution in [0.15, 0.2) is 24.3 Å². The van der Waals surface area contributed by atoms with Gasteiger partial charge >= 0.3 is 0 Å². The van der Waals surface area contributed by atoms with Gasteiger partial charge in [0.15, 0.2) is 5.82 Å². The summed E-state index contributed by atoms with van der Waals surface area (Å²) in [5.74, 6) is 1.53. The van der Waals surface area contributed by atoms with Crippen LogP contribution in [0.3, 0.4) is 0 Å². The molecule has 0 aliphatic rings. The molecule has 4 nitrogen and oxygen atoms in total. The highest BCUT2D eigenvalue weighted by atomic mass is 35.5. The Labute approximate surface area is 106 Å². The molecule has 0 fully saturated rings. The number of alkyl halides is 1. The number of rotatable bonds is 4. The first-order valence-electron chi connectivity index (χ1n) is 5.55. The maximum atomic E-state index is 6.05. The number of aryl methyl sites for hydroxylation is 2. The lowest BCUT2D eigenvalue weighted by Gasteiger charge is -2.14. The van der Waals surface area contributed by atoms with Crippen LogP contribution in [0, 0.1) is 6.92 Å². The van der Waals surface area contributed by atoms with Crippen molar-refractivity contribution in [3.63, 3.8) is 0 Å². The summed E-state index contributed by atoms with van der Waals surface area (Å²) < 4.78 is 0. The Morgan fingerprint density at radius 2 is 2.12 bits per heavy atom. The van der Waals surface area contributed by atoms with Crippen molar-refractivity contribution in [1.82, 2.24) is 20.2 Å². The summed E-state index contributed by atoms with van der Waals surface area (Å²) >= 11 is 6.05. The molecule has 5 heteroatoms. The van der Waals surface area contributed by atoms with E-state index in [1.54, 1.807) is 7.05 Å². The van der Waals surface area contributed by atoms with Crippen molar-refractivity contribution in [1.29, 1.82) is 0 Å². The Kier molecular flexibility index (Phi) is 3.74. The van der Waals surface area contributed by atoms with Crippen LogP contribution in [0.4, 0.5) is 0 Å². The van der Waals surface area contributed by atoms with E-state index in [9.17, 15) is 0 Å². The fourth-order valence-corrected chi connectivity index (χ4v) is 2.19. The summed E-state index contributed by atoms with van der Waals surface area (Å²) in [6, 6.07) is 8.27. The lowest BCUT2D eigenvalue weighted by Crippen LogP contribution is -2.08. The topological polar surface area (TPSA) is 43.6 Å². The van der Waals surface area contributed by atoms with Gasteiger partial charge in [0.2, 0.25) is 0 Å². The van der Waals surface area contributed by atoms with E-state index < -0.39 is 0 Å². The zero-order chi connectivity index (χ0) is 12.3. The summed E-state index contributed by atoms with van der Waals surface area (Å²) in [5, 5.41) is 12.0. The van der Waals surface area contributed by atoms with Crippen LogP contribution < -0.4 is 0 Å². The predicted molar refractivity (Wildman–Crippen MR) is 67.1 cm³/mol. The second-order valence-electron chi connectivity index (χ2n) is 4.11.